The number of hydrogen-bond acceptors (Lipinski definition) is 2. The Morgan fingerprint density at radius 3 is 1.94 bits per heavy atom. The molecule has 0 heterocycles. The Balaban J connectivity index is 3.46. The van der Waals surface area contributed by atoms with Crippen LogP contribution in [-0.2, 0) is 0 Å². The second-order valence-corrected chi connectivity index (χ2v) is 5.82. The first kappa shape index (κ1) is 15.9. The van der Waals surface area contributed by atoms with Crippen LogP contribution in [0.5, 0.6) is 0 Å². The Morgan fingerprint density at radius 1 is 0.938 bits per heavy atom. The van der Waals surface area contributed by atoms with Gasteiger partial charge >= 0.3 is 0 Å². The maximum Gasteiger partial charge on any atom is 0.00970 e. The van der Waals surface area contributed by atoms with Gasteiger partial charge < -0.3 is 10.6 Å². The van der Waals surface area contributed by atoms with E-state index < -0.39 is 0 Å². The van der Waals surface area contributed by atoms with Crippen molar-refractivity contribution >= 4 is 0 Å². The van der Waals surface area contributed by atoms with Gasteiger partial charge in [0.1, 0.15) is 0 Å². The van der Waals surface area contributed by atoms with Crippen LogP contribution < -0.4 is 10.6 Å². The van der Waals surface area contributed by atoms with E-state index in [4.69, 9.17) is 0 Å². The van der Waals surface area contributed by atoms with E-state index in [9.17, 15) is 0 Å². The molecule has 0 aromatic heterocycles. The number of nitrogens with one attached hydrogen (secondary N) is 2. The molecule has 0 fully saturated rings. The second kappa shape index (κ2) is 9.00. The number of rotatable bonds is 9. The van der Waals surface area contributed by atoms with Gasteiger partial charge in [-0.1, -0.05) is 26.7 Å². The zero-order chi connectivity index (χ0) is 12.4. The molecule has 0 spiro atoms. The molecule has 0 atom stereocenters. The summed E-state index contributed by atoms with van der Waals surface area (Å²) < 4.78 is 0. The smallest absolute Gasteiger partial charge is 0.00970 e. The predicted molar refractivity (Wildman–Crippen MR) is 73.9 cm³/mol. The quantitative estimate of drug-likeness (QED) is 0.592. The van der Waals surface area contributed by atoms with Crippen LogP contribution in [0.3, 0.4) is 0 Å². The minimum absolute atomic E-state index is 0.244. The molecular formula is C14H32N2. The lowest BCUT2D eigenvalue weighted by atomic mass is 9.98. The Labute approximate surface area is 103 Å². The average molecular weight is 228 g/mol. The summed E-state index contributed by atoms with van der Waals surface area (Å²) in [6.45, 7) is 14.5. The molecule has 0 aromatic rings. The molecule has 98 valence electrons. The lowest BCUT2D eigenvalue weighted by Gasteiger charge is -2.21. The third kappa shape index (κ3) is 10.4. The van der Waals surface area contributed by atoms with E-state index in [1.165, 1.54) is 32.2 Å². The minimum atomic E-state index is 0.244. The van der Waals surface area contributed by atoms with E-state index in [1.54, 1.807) is 0 Å². The van der Waals surface area contributed by atoms with E-state index in [2.05, 4.69) is 45.3 Å². The van der Waals surface area contributed by atoms with Gasteiger partial charge in [-0.2, -0.15) is 0 Å². The van der Waals surface area contributed by atoms with Gasteiger partial charge in [0.25, 0.3) is 0 Å². The largest absolute Gasteiger partial charge is 0.315 e. The topological polar surface area (TPSA) is 24.1 Å². The molecule has 0 saturated heterocycles. The summed E-state index contributed by atoms with van der Waals surface area (Å²) in [6.07, 6.45) is 5.36. The fraction of sp³-hybridized carbons (Fsp3) is 1.00. The van der Waals surface area contributed by atoms with Gasteiger partial charge in [-0.05, 0) is 46.1 Å². The molecule has 0 amide bonds. The highest BCUT2D eigenvalue weighted by molar-refractivity contribution is 4.71. The summed E-state index contributed by atoms with van der Waals surface area (Å²) in [5.41, 5.74) is 0.244. The highest BCUT2D eigenvalue weighted by Crippen LogP contribution is 2.11. The van der Waals surface area contributed by atoms with E-state index in [0.717, 1.165) is 19.0 Å². The maximum atomic E-state index is 3.57. The summed E-state index contributed by atoms with van der Waals surface area (Å²) in [5.74, 6) is 0.879. The van der Waals surface area contributed by atoms with Gasteiger partial charge in [-0.25, -0.2) is 0 Å². The van der Waals surface area contributed by atoms with Crippen LogP contribution in [0.2, 0.25) is 0 Å². The molecule has 2 heteroatoms. The van der Waals surface area contributed by atoms with Crippen molar-refractivity contribution < 1.29 is 0 Å². The zero-order valence-electron chi connectivity index (χ0n) is 12.0. The maximum absolute atomic E-state index is 3.57. The van der Waals surface area contributed by atoms with Crippen LogP contribution in [0.4, 0.5) is 0 Å². The Hall–Kier alpha value is -0.0800. The van der Waals surface area contributed by atoms with Crippen molar-refractivity contribution in [2.45, 2.75) is 65.8 Å². The first-order valence-corrected chi connectivity index (χ1v) is 6.95. The van der Waals surface area contributed by atoms with Gasteiger partial charge in [0.2, 0.25) is 0 Å². The van der Waals surface area contributed by atoms with Crippen molar-refractivity contribution in [1.29, 1.82) is 0 Å². The molecule has 0 aliphatic rings. The van der Waals surface area contributed by atoms with Gasteiger partial charge in [0.05, 0.1) is 0 Å². The van der Waals surface area contributed by atoms with Crippen molar-refractivity contribution in [2.24, 2.45) is 5.92 Å². The normalized spacial score (nSPS) is 12.4. The van der Waals surface area contributed by atoms with Gasteiger partial charge in [-0.15, -0.1) is 0 Å². The summed E-state index contributed by atoms with van der Waals surface area (Å²) in [7, 11) is 0. The third-order valence-corrected chi connectivity index (χ3v) is 2.78. The molecule has 0 aromatic carbocycles. The van der Waals surface area contributed by atoms with E-state index in [-0.39, 0.29) is 5.54 Å². The molecule has 0 saturated carbocycles. The fourth-order valence-corrected chi connectivity index (χ4v) is 2.00. The van der Waals surface area contributed by atoms with Crippen molar-refractivity contribution in [1.82, 2.24) is 10.6 Å². The predicted octanol–water partition coefficient (Wildman–Crippen LogP) is 3.18. The SMILES string of the molecule is CCCC(CCC)CNCCNC(C)(C)C. The highest BCUT2D eigenvalue weighted by Gasteiger charge is 2.08. The van der Waals surface area contributed by atoms with Gasteiger partial charge in [0.15, 0.2) is 0 Å². The first-order valence-electron chi connectivity index (χ1n) is 6.95. The number of hydrogen-bond donors (Lipinski definition) is 2. The molecular weight excluding hydrogens is 196 g/mol. The van der Waals surface area contributed by atoms with Gasteiger partial charge in [-0.3, -0.25) is 0 Å². The lowest BCUT2D eigenvalue weighted by molar-refractivity contribution is 0.388. The van der Waals surface area contributed by atoms with E-state index in [1.807, 2.05) is 0 Å². The van der Waals surface area contributed by atoms with Crippen LogP contribution in [0.1, 0.15) is 60.3 Å². The highest BCUT2D eigenvalue weighted by atomic mass is 15.0. The van der Waals surface area contributed by atoms with E-state index in [0.29, 0.717) is 0 Å². The molecule has 2 nitrogen and oxygen atoms in total. The van der Waals surface area contributed by atoms with Crippen molar-refractivity contribution in [3.8, 4) is 0 Å². The van der Waals surface area contributed by atoms with Crippen LogP contribution in [0.15, 0.2) is 0 Å². The molecule has 2 N–H and O–H groups in total. The Kier molecular flexibility index (Phi) is 8.96. The molecule has 0 aliphatic carbocycles. The summed E-state index contributed by atoms with van der Waals surface area (Å²) in [5, 5.41) is 7.06. The van der Waals surface area contributed by atoms with E-state index >= 15 is 0 Å². The first-order chi connectivity index (χ1) is 7.49. The van der Waals surface area contributed by atoms with Crippen LogP contribution in [0.25, 0.3) is 0 Å². The minimum Gasteiger partial charge on any atom is -0.315 e. The Bertz CT molecular complexity index is 143. The Morgan fingerprint density at radius 2 is 1.50 bits per heavy atom. The molecule has 0 aliphatic heterocycles. The lowest BCUT2D eigenvalue weighted by Crippen LogP contribution is -2.40. The summed E-state index contributed by atoms with van der Waals surface area (Å²) in [4.78, 5) is 0. The standard InChI is InChI=1S/C14H32N2/c1-6-8-13(9-7-2)12-15-10-11-16-14(3,4)5/h13,15-16H,6-12H2,1-5H3. The van der Waals surface area contributed by atoms with Crippen LogP contribution >= 0.6 is 0 Å². The molecule has 0 unspecified atom stereocenters. The molecule has 0 radical (unpaired) electrons. The van der Waals surface area contributed by atoms with Crippen molar-refractivity contribution in [3.63, 3.8) is 0 Å². The molecule has 0 bridgehead atoms. The third-order valence-electron chi connectivity index (χ3n) is 2.78. The van der Waals surface area contributed by atoms with Gasteiger partial charge in [0, 0.05) is 18.6 Å². The summed E-state index contributed by atoms with van der Waals surface area (Å²) >= 11 is 0. The molecule has 0 rings (SSSR count). The average Bonchev–Trinajstić information content (AvgIpc) is 2.16. The monoisotopic (exact) mass is 228 g/mol. The summed E-state index contributed by atoms with van der Waals surface area (Å²) in [6, 6.07) is 0. The fourth-order valence-electron chi connectivity index (χ4n) is 2.00. The molecule has 16 heavy (non-hydrogen) atoms. The van der Waals surface area contributed by atoms with Crippen LogP contribution in [-0.4, -0.2) is 25.2 Å². The van der Waals surface area contributed by atoms with Crippen molar-refractivity contribution in [3.05, 3.63) is 0 Å². The second-order valence-electron chi connectivity index (χ2n) is 5.82. The van der Waals surface area contributed by atoms with Crippen LogP contribution in [0, 0.1) is 5.92 Å². The zero-order valence-corrected chi connectivity index (χ0v) is 12.0. The van der Waals surface area contributed by atoms with Crippen molar-refractivity contribution in [2.75, 3.05) is 19.6 Å².